The second-order valence-corrected chi connectivity index (χ2v) is 5.07. The van der Waals surface area contributed by atoms with Crippen LogP contribution < -0.4 is 0 Å². The Morgan fingerprint density at radius 3 is 2.31 bits per heavy atom. The van der Waals surface area contributed by atoms with Crippen molar-refractivity contribution in [2.24, 2.45) is 5.41 Å². The van der Waals surface area contributed by atoms with E-state index in [0.717, 1.165) is 5.56 Å². The Hall–Kier alpha value is -0.790. The minimum Gasteiger partial charge on any atom is -0.281 e. The first-order valence-corrected chi connectivity index (χ1v) is 5.77. The first-order valence-electron chi connectivity index (χ1n) is 5.01. The van der Waals surface area contributed by atoms with Gasteiger partial charge in [-0.1, -0.05) is 55.4 Å². The molecule has 0 radical (unpaired) electrons. The fourth-order valence-corrected chi connectivity index (χ4v) is 2.10. The molecule has 0 heterocycles. The van der Waals surface area contributed by atoms with Crippen LogP contribution in [0.25, 0.3) is 0 Å². The summed E-state index contributed by atoms with van der Waals surface area (Å²) in [4.78, 5) is 11.5. The van der Waals surface area contributed by atoms with Gasteiger partial charge in [-0.3, -0.25) is 4.79 Å². The van der Waals surface area contributed by atoms with E-state index in [2.05, 4.69) is 6.58 Å². The molecule has 1 rings (SSSR count). The van der Waals surface area contributed by atoms with E-state index in [-0.39, 0.29) is 5.24 Å². The van der Waals surface area contributed by atoms with E-state index in [1.807, 2.05) is 37.3 Å². The Morgan fingerprint density at radius 2 is 1.88 bits per heavy atom. The fourth-order valence-electron chi connectivity index (χ4n) is 1.67. The summed E-state index contributed by atoms with van der Waals surface area (Å²) in [6, 6.07) is 9.74. The van der Waals surface area contributed by atoms with Crippen molar-refractivity contribution < 1.29 is 4.79 Å². The third-order valence-corrected chi connectivity index (χ3v) is 3.08. The third-order valence-electron chi connectivity index (χ3n) is 2.49. The summed E-state index contributed by atoms with van der Waals surface area (Å²) < 4.78 is 0. The molecule has 0 bridgehead atoms. The monoisotopic (exact) mass is 256 g/mol. The molecule has 1 nitrogen and oxygen atoms in total. The quantitative estimate of drug-likeness (QED) is 0.724. The normalized spacial score (nSPS) is 14.2. The molecule has 3 heteroatoms. The van der Waals surface area contributed by atoms with Crippen LogP contribution in [0.2, 0.25) is 0 Å². The lowest BCUT2D eigenvalue weighted by atomic mass is 9.82. The van der Waals surface area contributed by atoms with Crippen LogP contribution in [-0.4, -0.2) is 5.24 Å². The van der Waals surface area contributed by atoms with E-state index < -0.39 is 5.41 Å². The zero-order chi connectivity index (χ0) is 12.2. The van der Waals surface area contributed by atoms with Gasteiger partial charge in [0, 0.05) is 5.03 Å². The van der Waals surface area contributed by atoms with Gasteiger partial charge in [0.15, 0.2) is 0 Å². The summed E-state index contributed by atoms with van der Waals surface area (Å²) >= 11 is 11.4. The van der Waals surface area contributed by atoms with Crippen LogP contribution in [0.15, 0.2) is 41.9 Å². The number of carbonyl (C=O) groups is 1. The Labute approximate surface area is 106 Å². The lowest BCUT2D eigenvalue weighted by molar-refractivity contribution is -0.119. The van der Waals surface area contributed by atoms with Crippen molar-refractivity contribution in [3.8, 4) is 0 Å². The van der Waals surface area contributed by atoms with Crippen LogP contribution in [0.5, 0.6) is 0 Å². The number of hydrogen-bond acceptors (Lipinski definition) is 1. The zero-order valence-electron chi connectivity index (χ0n) is 9.17. The summed E-state index contributed by atoms with van der Waals surface area (Å²) in [5.74, 6) is 0. The van der Waals surface area contributed by atoms with E-state index in [4.69, 9.17) is 23.2 Å². The van der Waals surface area contributed by atoms with Crippen LogP contribution >= 0.6 is 23.2 Å². The molecule has 0 aliphatic rings. The first-order chi connectivity index (χ1) is 7.44. The number of benzene rings is 1. The van der Waals surface area contributed by atoms with Gasteiger partial charge in [-0.15, -0.1) is 0 Å². The molecular weight excluding hydrogens is 243 g/mol. The number of halogens is 2. The van der Waals surface area contributed by atoms with Crippen LogP contribution in [0.4, 0.5) is 0 Å². The molecule has 1 aromatic carbocycles. The van der Waals surface area contributed by atoms with Crippen LogP contribution in [0.3, 0.4) is 0 Å². The average Bonchev–Trinajstić information content (AvgIpc) is 2.17. The number of rotatable bonds is 5. The van der Waals surface area contributed by atoms with Crippen molar-refractivity contribution in [1.82, 2.24) is 0 Å². The SMILES string of the molecule is C=C(Cl)CC(C)(Cc1ccccc1)C(=O)Cl. The van der Waals surface area contributed by atoms with Gasteiger partial charge >= 0.3 is 0 Å². The molecule has 1 unspecified atom stereocenters. The number of allylic oxidation sites excluding steroid dienone is 1. The van der Waals surface area contributed by atoms with E-state index in [1.54, 1.807) is 0 Å². The second-order valence-electron chi connectivity index (χ2n) is 4.19. The highest BCUT2D eigenvalue weighted by Crippen LogP contribution is 2.33. The molecular formula is C13H14Cl2O. The molecule has 0 aromatic heterocycles. The van der Waals surface area contributed by atoms with E-state index in [9.17, 15) is 4.79 Å². The Balaban J connectivity index is 2.87. The molecule has 0 saturated carbocycles. The maximum absolute atomic E-state index is 11.5. The van der Waals surface area contributed by atoms with Gasteiger partial charge in [0.2, 0.25) is 5.24 Å². The van der Waals surface area contributed by atoms with E-state index >= 15 is 0 Å². The van der Waals surface area contributed by atoms with Gasteiger partial charge in [-0.2, -0.15) is 0 Å². The van der Waals surface area contributed by atoms with Gasteiger partial charge in [0.25, 0.3) is 0 Å². The maximum atomic E-state index is 11.5. The summed E-state index contributed by atoms with van der Waals surface area (Å²) in [5.41, 5.74) is 0.388. The molecule has 0 aliphatic heterocycles. The minimum atomic E-state index is -0.679. The summed E-state index contributed by atoms with van der Waals surface area (Å²) in [7, 11) is 0. The smallest absolute Gasteiger partial charge is 0.228 e. The Bertz CT molecular complexity index is 386. The van der Waals surface area contributed by atoms with Crippen molar-refractivity contribution >= 4 is 28.4 Å². The summed E-state index contributed by atoms with van der Waals surface area (Å²) in [6.45, 7) is 5.43. The van der Waals surface area contributed by atoms with E-state index in [0.29, 0.717) is 17.9 Å². The van der Waals surface area contributed by atoms with Crippen molar-refractivity contribution in [1.29, 1.82) is 0 Å². The summed E-state index contributed by atoms with van der Waals surface area (Å²) in [6.07, 6.45) is 0.966. The van der Waals surface area contributed by atoms with Crippen molar-refractivity contribution in [2.75, 3.05) is 0 Å². The van der Waals surface area contributed by atoms with E-state index in [1.165, 1.54) is 0 Å². The molecule has 0 N–H and O–H groups in total. The standard InChI is InChI=1S/C13H14Cl2O/c1-10(14)8-13(2,12(15)16)9-11-6-4-3-5-7-11/h3-7H,1,8-9H2,2H3. The van der Waals surface area contributed by atoms with Gasteiger partial charge in [0.05, 0.1) is 5.41 Å². The highest BCUT2D eigenvalue weighted by Gasteiger charge is 2.32. The van der Waals surface area contributed by atoms with Crippen LogP contribution in [-0.2, 0) is 11.2 Å². The Morgan fingerprint density at radius 1 is 1.31 bits per heavy atom. The van der Waals surface area contributed by atoms with Gasteiger partial charge in [0.1, 0.15) is 0 Å². The Kier molecular flexibility index (Phi) is 4.57. The molecule has 1 aromatic rings. The predicted octanol–water partition coefficient (Wildman–Crippen LogP) is 4.14. The maximum Gasteiger partial charge on any atom is 0.228 e. The van der Waals surface area contributed by atoms with Crippen LogP contribution in [0.1, 0.15) is 18.9 Å². The lowest BCUT2D eigenvalue weighted by Gasteiger charge is -2.24. The largest absolute Gasteiger partial charge is 0.281 e. The van der Waals surface area contributed by atoms with Crippen molar-refractivity contribution in [3.63, 3.8) is 0 Å². The van der Waals surface area contributed by atoms with Gasteiger partial charge in [-0.05, 0) is 30.0 Å². The molecule has 16 heavy (non-hydrogen) atoms. The van der Waals surface area contributed by atoms with Crippen LogP contribution in [0, 0.1) is 5.41 Å². The number of carbonyl (C=O) groups excluding carboxylic acids is 1. The molecule has 0 amide bonds. The minimum absolute atomic E-state index is 0.377. The zero-order valence-corrected chi connectivity index (χ0v) is 10.7. The molecule has 1 atom stereocenters. The molecule has 0 saturated heterocycles. The predicted molar refractivity (Wildman–Crippen MR) is 68.7 cm³/mol. The first kappa shape index (κ1) is 13.3. The second kappa shape index (κ2) is 5.51. The lowest BCUT2D eigenvalue weighted by Crippen LogP contribution is -2.26. The molecule has 86 valence electrons. The van der Waals surface area contributed by atoms with Gasteiger partial charge < -0.3 is 0 Å². The fraction of sp³-hybridized carbons (Fsp3) is 0.308. The number of hydrogen-bond donors (Lipinski definition) is 0. The topological polar surface area (TPSA) is 17.1 Å². The summed E-state index contributed by atoms with van der Waals surface area (Å²) in [5, 5.41) is 0.0746. The third kappa shape index (κ3) is 3.66. The van der Waals surface area contributed by atoms with Crippen molar-refractivity contribution in [3.05, 3.63) is 47.5 Å². The molecule has 0 spiro atoms. The average molecular weight is 257 g/mol. The molecule has 0 aliphatic carbocycles. The van der Waals surface area contributed by atoms with Gasteiger partial charge in [-0.25, -0.2) is 0 Å². The molecule has 0 fully saturated rings. The highest BCUT2D eigenvalue weighted by atomic mass is 35.5. The van der Waals surface area contributed by atoms with Crippen molar-refractivity contribution in [2.45, 2.75) is 19.8 Å². The highest BCUT2D eigenvalue weighted by molar-refractivity contribution is 6.64.